The highest BCUT2D eigenvalue weighted by atomic mass is 35.5. The van der Waals surface area contributed by atoms with Crippen LogP contribution in [0.1, 0.15) is 18.9 Å². The molecule has 1 aliphatic carbocycles. The van der Waals surface area contributed by atoms with Crippen molar-refractivity contribution in [2.75, 3.05) is 13.6 Å². The molecule has 0 heterocycles. The van der Waals surface area contributed by atoms with Crippen molar-refractivity contribution in [2.24, 2.45) is 11.8 Å². The highest BCUT2D eigenvalue weighted by molar-refractivity contribution is 7.89. The smallest absolute Gasteiger partial charge is 0.207 e. The molecule has 0 radical (unpaired) electrons. The van der Waals surface area contributed by atoms with E-state index in [0.717, 1.165) is 12.5 Å². The monoisotopic (exact) mass is 305 g/mol. The number of alkyl halides is 1. The second-order valence-corrected chi connectivity index (χ2v) is 7.46. The first kappa shape index (κ1) is 14.8. The molecule has 0 amide bonds. The highest BCUT2D eigenvalue weighted by Crippen LogP contribution is 2.38. The topological polar surface area (TPSA) is 37.4 Å². The van der Waals surface area contributed by atoms with Crippen molar-refractivity contribution in [1.82, 2.24) is 4.31 Å². The van der Waals surface area contributed by atoms with Gasteiger partial charge in [-0.2, -0.15) is 0 Å². The third-order valence-electron chi connectivity index (χ3n) is 3.64. The standard InChI is InChI=1S/C13H17ClFNO2S/c1-9-5-11(9)8-16(2)19(17,18)12-3-4-13(15)10(6-12)7-14/h3-4,6,9,11H,5,7-8H2,1-2H3. The molecule has 0 saturated heterocycles. The van der Waals surface area contributed by atoms with Crippen molar-refractivity contribution >= 4 is 21.6 Å². The molecular formula is C13H17ClFNO2S. The van der Waals surface area contributed by atoms with Crippen molar-refractivity contribution in [3.05, 3.63) is 29.6 Å². The first-order chi connectivity index (χ1) is 8.86. The Hall–Kier alpha value is -0.650. The minimum Gasteiger partial charge on any atom is -0.207 e. The van der Waals surface area contributed by atoms with Crippen molar-refractivity contribution in [1.29, 1.82) is 0 Å². The summed E-state index contributed by atoms with van der Waals surface area (Å²) in [6, 6.07) is 3.75. The molecule has 0 aromatic heterocycles. The zero-order valence-corrected chi connectivity index (χ0v) is 12.5. The number of hydrogen-bond acceptors (Lipinski definition) is 2. The first-order valence-electron chi connectivity index (χ1n) is 6.17. The summed E-state index contributed by atoms with van der Waals surface area (Å²) >= 11 is 5.60. The minimum absolute atomic E-state index is 0.0431. The van der Waals surface area contributed by atoms with E-state index in [1.165, 1.54) is 16.4 Å². The number of nitrogens with zero attached hydrogens (tertiary/aromatic N) is 1. The van der Waals surface area contributed by atoms with Gasteiger partial charge in [-0.25, -0.2) is 17.1 Å². The lowest BCUT2D eigenvalue weighted by atomic mass is 10.2. The summed E-state index contributed by atoms with van der Waals surface area (Å²) in [6.45, 7) is 2.62. The molecule has 106 valence electrons. The van der Waals surface area contributed by atoms with Crippen molar-refractivity contribution in [3.63, 3.8) is 0 Å². The van der Waals surface area contributed by atoms with Gasteiger partial charge in [0.05, 0.1) is 10.8 Å². The number of rotatable bonds is 5. The molecule has 2 rings (SSSR count). The lowest BCUT2D eigenvalue weighted by Gasteiger charge is -2.17. The van der Waals surface area contributed by atoms with Crippen LogP contribution in [0.5, 0.6) is 0 Å². The van der Waals surface area contributed by atoms with Crippen LogP contribution in [-0.4, -0.2) is 26.3 Å². The van der Waals surface area contributed by atoms with E-state index in [0.29, 0.717) is 18.4 Å². The zero-order chi connectivity index (χ0) is 14.2. The number of hydrogen-bond donors (Lipinski definition) is 0. The van der Waals surface area contributed by atoms with Gasteiger partial charge in [-0.3, -0.25) is 0 Å². The van der Waals surface area contributed by atoms with Crippen molar-refractivity contribution < 1.29 is 12.8 Å². The van der Waals surface area contributed by atoms with Crippen LogP contribution in [0.25, 0.3) is 0 Å². The van der Waals surface area contributed by atoms with Crippen molar-refractivity contribution in [2.45, 2.75) is 24.1 Å². The van der Waals surface area contributed by atoms with Gasteiger partial charge in [0.15, 0.2) is 0 Å². The fraction of sp³-hybridized carbons (Fsp3) is 0.538. The van der Waals surface area contributed by atoms with Crippen LogP contribution >= 0.6 is 11.6 Å². The van der Waals surface area contributed by atoms with Crippen LogP contribution in [0.15, 0.2) is 23.1 Å². The van der Waals surface area contributed by atoms with Crippen LogP contribution in [-0.2, 0) is 15.9 Å². The van der Waals surface area contributed by atoms with Crippen LogP contribution in [0.2, 0.25) is 0 Å². The summed E-state index contributed by atoms with van der Waals surface area (Å²) in [7, 11) is -2.00. The average molecular weight is 306 g/mol. The minimum atomic E-state index is -3.56. The predicted octanol–water partition coefficient (Wildman–Crippen LogP) is 2.84. The molecule has 2 atom stereocenters. The Morgan fingerprint density at radius 2 is 2.11 bits per heavy atom. The molecule has 6 heteroatoms. The molecule has 1 fully saturated rings. The summed E-state index contributed by atoms with van der Waals surface area (Å²) in [5.41, 5.74) is 0.205. The molecule has 0 aliphatic heterocycles. The molecule has 1 aliphatic rings. The summed E-state index contributed by atoms with van der Waals surface area (Å²) in [5.74, 6) is 0.503. The molecule has 19 heavy (non-hydrogen) atoms. The molecule has 3 nitrogen and oxygen atoms in total. The summed E-state index contributed by atoms with van der Waals surface area (Å²) < 4.78 is 39.4. The molecule has 0 spiro atoms. The molecule has 0 bridgehead atoms. The molecule has 0 N–H and O–H groups in total. The highest BCUT2D eigenvalue weighted by Gasteiger charge is 2.36. The van der Waals surface area contributed by atoms with Gasteiger partial charge in [-0.15, -0.1) is 11.6 Å². The quantitative estimate of drug-likeness (QED) is 0.785. The Bertz CT molecular complexity index is 576. The maximum atomic E-state index is 13.3. The molecule has 1 aromatic carbocycles. The number of sulfonamides is 1. The van der Waals surface area contributed by atoms with Crippen molar-refractivity contribution in [3.8, 4) is 0 Å². The largest absolute Gasteiger partial charge is 0.242 e. The average Bonchev–Trinajstić information content (AvgIpc) is 3.05. The van der Waals surface area contributed by atoms with Crippen LogP contribution in [0.4, 0.5) is 4.39 Å². The fourth-order valence-electron chi connectivity index (χ4n) is 2.08. The van der Waals surface area contributed by atoms with E-state index in [1.807, 2.05) is 0 Å². The van der Waals surface area contributed by atoms with Gasteiger partial charge in [0.25, 0.3) is 0 Å². The van der Waals surface area contributed by atoms with Crippen LogP contribution < -0.4 is 0 Å². The molecular weight excluding hydrogens is 289 g/mol. The number of halogens is 2. The van der Waals surface area contributed by atoms with E-state index in [4.69, 9.17) is 11.6 Å². The lowest BCUT2D eigenvalue weighted by molar-refractivity contribution is 0.444. The van der Waals surface area contributed by atoms with E-state index in [1.54, 1.807) is 7.05 Å². The van der Waals surface area contributed by atoms with Gasteiger partial charge < -0.3 is 0 Å². The first-order valence-corrected chi connectivity index (χ1v) is 8.14. The van der Waals surface area contributed by atoms with Crippen LogP contribution in [0, 0.1) is 17.7 Å². The van der Waals surface area contributed by atoms with Gasteiger partial charge in [0.2, 0.25) is 10.0 Å². The van der Waals surface area contributed by atoms with E-state index in [2.05, 4.69) is 6.92 Å². The maximum Gasteiger partial charge on any atom is 0.242 e. The van der Waals surface area contributed by atoms with Gasteiger partial charge in [-0.05, 0) is 36.5 Å². The zero-order valence-electron chi connectivity index (χ0n) is 10.9. The SMILES string of the molecule is CC1CC1CN(C)S(=O)(=O)c1ccc(F)c(CCl)c1. The second-order valence-electron chi connectivity index (χ2n) is 5.15. The Labute approximate surface area is 118 Å². The lowest BCUT2D eigenvalue weighted by Crippen LogP contribution is -2.29. The Kier molecular flexibility index (Phi) is 4.18. The van der Waals surface area contributed by atoms with E-state index < -0.39 is 15.8 Å². The third-order valence-corrected chi connectivity index (χ3v) is 5.74. The van der Waals surface area contributed by atoms with Gasteiger partial charge in [0, 0.05) is 19.2 Å². The van der Waals surface area contributed by atoms with E-state index in [9.17, 15) is 12.8 Å². The van der Waals surface area contributed by atoms with Gasteiger partial charge in [0.1, 0.15) is 5.82 Å². The second kappa shape index (κ2) is 5.38. The van der Waals surface area contributed by atoms with Gasteiger partial charge in [-0.1, -0.05) is 6.92 Å². The Morgan fingerprint density at radius 3 is 2.63 bits per heavy atom. The molecule has 1 saturated carbocycles. The van der Waals surface area contributed by atoms with E-state index >= 15 is 0 Å². The number of benzene rings is 1. The predicted molar refractivity (Wildman–Crippen MR) is 73.0 cm³/mol. The Balaban J connectivity index is 2.23. The maximum absolute atomic E-state index is 13.3. The molecule has 1 aromatic rings. The van der Waals surface area contributed by atoms with E-state index in [-0.39, 0.29) is 16.3 Å². The summed E-state index contributed by atoms with van der Waals surface area (Å²) in [4.78, 5) is 0.0975. The summed E-state index contributed by atoms with van der Waals surface area (Å²) in [6.07, 6.45) is 1.07. The fourth-order valence-corrected chi connectivity index (χ4v) is 3.56. The van der Waals surface area contributed by atoms with Crippen LogP contribution in [0.3, 0.4) is 0 Å². The normalized spacial score (nSPS) is 22.8. The molecule has 2 unspecified atom stereocenters. The van der Waals surface area contributed by atoms with Gasteiger partial charge >= 0.3 is 0 Å². The Morgan fingerprint density at radius 1 is 1.47 bits per heavy atom. The summed E-state index contributed by atoms with van der Waals surface area (Å²) in [5, 5.41) is 0. The third kappa shape index (κ3) is 3.09.